The number of aromatic nitrogens is 2. The zero-order valence-electron chi connectivity index (χ0n) is 8.73. The molecule has 0 spiro atoms. The average Bonchev–Trinajstić information content (AvgIpc) is 2.32. The molecule has 0 bridgehead atoms. The second-order valence-corrected chi connectivity index (χ2v) is 3.46. The van der Waals surface area contributed by atoms with Crippen molar-refractivity contribution in [3.63, 3.8) is 0 Å². The predicted octanol–water partition coefficient (Wildman–Crippen LogP) is -1.28. The maximum Gasteiger partial charge on any atom is 0.277 e. The highest BCUT2D eigenvalue weighted by Crippen LogP contribution is 2.11. The SMILES string of the molecule is Nc1c(OCC2CNCCO2)nc[nH]c1=O. The Labute approximate surface area is 92.0 Å². The van der Waals surface area contributed by atoms with Crippen LogP contribution in [-0.2, 0) is 4.74 Å². The first kappa shape index (κ1) is 10.9. The lowest BCUT2D eigenvalue weighted by Crippen LogP contribution is -2.41. The Balaban J connectivity index is 1.93. The number of nitrogen functional groups attached to an aromatic ring is 1. The molecule has 0 aromatic carbocycles. The number of morpholine rings is 1. The minimum atomic E-state index is -0.396. The molecule has 0 aliphatic carbocycles. The highest BCUT2D eigenvalue weighted by atomic mass is 16.5. The number of aromatic amines is 1. The number of nitrogens with two attached hydrogens (primary N) is 1. The molecule has 16 heavy (non-hydrogen) atoms. The van der Waals surface area contributed by atoms with E-state index in [2.05, 4.69) is 15.3 Å². The molecular formula is C9H14N4O3. The van der Waals surface area contributed by atoms with Gasteiger partial charge in [-0.25, -0.2) is 4.98 Å². The summed E-state index contributed by atoms with van der Waals surface area (Å²) in [6.45, 7) is 2.56. The van der Waals surface area contributed by atoms with Crippen LogP contribution in [0.15, 0.2) is 11.1 Å². The van der Waals surface area contributed by atoms with E-state index in [1.165, 1.54) is 6.33 Å². The molecule has 1 aromatic rings. The summed E-state index contributed by atoms with van der Waals surface area (Å²) in [7, 11) is 0. The van der Waals surface area contributed by atoms with E-state index >= 15 is 0 Å². The van der Waals surface area contributed by atoms with Gasteiger partial charge in [0, 0.05) is 13.1 Å². The third kappa shape index (κ3) is 2.50. The zero-order chi connectivity index (χ0) is 11.4. The fourth-order valence-electron chi connectivity index (χ4n) is 1.41. The van der Waals surface area contributed by atoms with Crippen LogP contribution < -0.4 is 21.3 Å². The summed E-state index contributed by atoms with van der Waals surface area (Å²) in [6.07, 6.45) is 1.22. The van der Waals surface area contributed by atoms with Gasteiger partial charge in [-0.05, 0) is 0 Å². The van der Waals surface area contributed by atoms with Gasteiger partial charge in [0.15, 0.2) is 5.69 Å². The van der Waals surface area contributed by atoms with Gasteiger partial charge in [-0.15, -0.1) is 0 Å². The van der Waals surface area contributed by atoms with Crippen LogP contribution in [0.1, 0.15) is 0 Å². The Morgan fingerprint density at radius 1 is 1.69 bits per heavy atom. The molecule has 1 unspecified atom stereocenters. The van der Waals surface area contributed by atoms with Gasteiger partial charge in [0.2, 0.25) is 5.88 Å². The first-order valence-electron chi connectivity index (χ1n) is 5.05. The number of nitrogens with zero attached hydrogens (tertiary/aromatic N) is 1. The molecule has 1 atom stereocenters. The van der Waals surface area contributed by atoms with E-state index in [9.17, 15) is 4.79 Å². The van der Waals surface area contributed by atoms with Crippen molar-refractivity contribution in [3.05, 3.63) is 16.7 Å². The van der Waals surface area contributed by atoms with Gasteiger partial charge in [-0.1, -0.05) is 0 Å². The van der Waals surface area contributed by atoms with Crippen LogP contribution in [0, 0.1) is 0 Å². The highest BCUT2D eigenvalue weighted by molar-refractivity contribution is 5.44. The van der Waals surface area contributed by atoms with Crippen molar-refractivity contribution in [3.8, 4) is 5.88 Å². The normalized spacial score (nSPS) is 20.6. The van der Waals surface area contributed by atoms with E-state index in [1.54, 1.807) is 0 Å². The quantitative estimate of drug-likeness (QED) is 0.593. The zero-order valence-corrected chi connectivity index (χ0v) is 8.73. The molecular weight excluding hydrogens is 212 g/mol. The Morgan fingerprint density at radius 2 is 2.56 bits per heavy atom. The van der Waals surface area contributed by atoms with E-state index in [4.69, 9.17) is 15.2 Å². The van der Waals surface area contributed by atoms with Crippen molar-refractivity contribution in [1.82, 2.24) is 15.3 Å². The van der Waals surface area contributed by atoms with Crippen molar-refractivity contribution in [2.45, 2.75) is 6.10 Å². The number of hydrogen-bond acceptors (Lipinski definition) is 6. The lowest BCUT2D eigenvalue weighted by Gasteiger charge is -2.23. The summed E-state index contributed by atoms with van der Waals surface area (Å²) < 4.78 is 10.8. The Hall–Kier alpha value is -1.60. The molecule has 2 heterocycles. The van der Waals surface area contributed by atoms with Gasteiger partial charge >= 0.3 is 0 Å². The molecule has 0 saturated carbocycles. The predicted molar refractivity (Wildman–Crippen MR) is 57.4 cm³/mol. The minimum absolute atomic E-state index is 0.00808. The summed E-state index contributed by atoms with van der Waals surface area (Å²) in [4.78, 5) is 17.4. The van der Waals surface area contributed by atoms with Crippen LogP contribution in [0.4, 0.5) is 5.69 Å². The number of anilines is 1. The second-order valence-electron chi connectivity index (χ2n) is 3.46. The summed E-state index contributed by atoms with van der Waals surface area (Å²) in [6, 6.07) is 0. The Bertz CT molecular complexity index is 400. The molecule has 7 heteroatoms. The lowest BCUT2D eigenvalue weighted by molar-refractivity contribution is -0.000608. The molecule has 0 radical (unpaired) electrons. The molecule has 1 aromatic heterocycles. The lowest BCUT2D eigenvalue weighted by atomic mass is 10.3. The van der Waals surface area contributed by atoms with Gasteiger partial charge < -0.3 is 25.5 Å². The number of H-pyrrole nitrogens is 1. The summed E-state index contributed by atoms with van der Waals surface area (Å²) in [5.41, 5.74) is 5.11. The van der Waals surface area contributed by atoms with Gasteiger partial charge in [0.1, 0.15) is 12.7 Å². The maximum atomic E-state index is 11.1. The molecule has 1 aliphatic rings. The fourth-order valence-corrected chi connectivity index (χ4v) is 1.41. The van der Waals surface area contributed by atoms with Crippen LogP contribution in [0.5, 0.6) is 5.88 Å². The van der Waals surface area contributed by atoms with Crippen molar-refractivity contribution in [2.75, 3.05) is 32.0 Å². The van der Waals surface area contributed by atoms with Crippen LogP contribution in [0.3, 0.4) is 0 Å². The first-order valence-corrected chi connectivity index (χ1v) is 5.05. The molecule has 7 nitrogen and oxygen atoms in total. The Morgan fingerprint density at radius 3 is 3.31 bits per heavy atom. The van der Waals surface area contributed by atoms with Gasteiger partial charge in [0.25, 0.3) is 5.56 Å². The van der Waals surface area contributed by atoms with Crippen LogP contribution in [-0.4, -0.2) is 42.4 Å². The summed E-state index contributed by atoms with van der Waals surface area (Å²) >= 11 is 0. The van der Waals surface area contributed by atoms with E-state index in [0.717, 1.165) is 13.1 Å². The van der Waals surface area contributed by atoms with Gasteiger partial charge in [-0.2, -0.15) is 0 Å². The van der Waals surface area contributed by atoms with Crippen molar-refractivity contribution >= 4 is 5.69 Å². The molecule has 0 amide bonds. The number of hydrogen-bond donors (Lipinski definition) is 3. The third-order valence-electron chi connectivity index (χ3n) is 2.26. The van der Waals surface area contributed by atoms with E-state index in [-0.39, 0.29) is 17.7 Å². The Kier molecular flexibility index (Phi) is 3.37. The maximum absolute atomic E-state index is 11.1. The second kappa shape index (κ2) is 4.95. The van der Waals surface area contributed by atoms with Crippen LogP contribution in [0.2, 0.25) is 0 Å². The van der Waals surface area contributed by atoms with Crippen molar-refractivity contribution < 1.29 is 9.47 Å². The van der Waals surface area contributed by atoms with Crippen molar-refractivity contribution in [1.29, 1.82) is 0 Å². The van der Waals surface area contributed by atoms with Crippen LogP contribution in [0.25, 0.3) is 0 Å². The van der Waals surface area contributed by atoms with Crippen LogP contribution >= 0.6 is 0 Å². The topological polar surface area (TPSA) is 102 Å². The number of nitrogens with one attached hydrogen (secondary N) is 2. The monoisotopic (exact) mass is 226 g/mol. The van der Waals surface area contributed by atoms with E-state index < -0.39 is 5.56 Å². The molecule has 4 N–H and O–H groups in total. The largest absolute Gasteiger partial charge is 0.473 e. The number of rotatable bonds is 3. The summed E-state index contributed by atoms with van der Waals surface area (Å²) in [5, 5.41) is 3.17. The smallest absolute Gasteiger partial charge is 0.277 e. The fraction of sp³-hybridized carbons (Fsp3) is 0.556. The van der Waals surface area contributed by atoms with Gasteiger partial charge in [-0.3, -0.25) is 4.79 Å². The average molecular weight is 226 g/mol. The van der Waals surface area contributed by atoms with Crippen molar-refractivity contribution in [2.24, 2.45) is 0 Å². The standard InChI is InChI=1S/C9H14N4O3/c10-7-8(14)12-5-13-9(7)16-4-6-3-11-1-2-15-6/h5-6,11H,1-4,10H2,(H,12,13,14). The minimum Gasteiger partial charge on any atom is -0.473 e. The molecule has 1 aliphatic heterocycles. The molecule has 1 fully saturated rings. The van der Waals surface area contributed by atoms with E-state index in [1.807, 2.05) is 0 Å². The molecule has 2 rings (SSSR count). The summed E-state index contributed by atoms with van der Waals surface area (Å²) in [5.74, 6) is 0.151. The highest BCUT2D eigenvalue weighted by Gasteiger charge is 2.15. The first-order chi connectivity index (χ1) is 7.77. The molecule has 88 valence electrons. The number of ether oxygens (including phenoxy) is 2. The third-order valence-corrected chi connectivity index (χ3v) is 2.26. The van der Waals surface area contributed by atoms with Gasteiger partial charge in [0.05, 0.1) is 12.9 Å². The molecule has 1 saturated heterocycles. The van der Waals surface area contributed by atoms with E-state index in [0.29, 0.717) is 13.2 Å².